The standard InChI is InChI=1S/C27H28N2O2.C26H26O4.C23H18N4O2S.C23H18N2OS.C15H20N2O3.C9H11NO/c1-21-7-11-24(12-8-21)27(31)29-17-15-28(16-18-29)25-13-9-23(10-14-25)20-26(30)19-22-5-3-2-4-6-22;1-2-29-24-13-8-21(9-14-24)18-23(27)19-30-25-15-11-22(12-16-25)26(28)17-10-20-6-4-3-5-7-20;28-21(17-10-5-2-6-11-17)24-19-13-7-12-18(15-19)22(29)25-23-27-26-20(30-23)14-16-8-3-1-4-9-16;1-16-10-12-17(13-11-16)22(26)24-20-9-5-8-19(14-20)21-15-27-23(25-21)18-6-3-2-4-7-18;1-3-8-16-15(19)11-9-14(18)17(10-11)12-4-6-13(20-2)7-5-12;1-7-3-4-9(10-6-11)5-8(7)2/h2-14H,15-20H2,1H3;3-9,11-16H,2,10,17-19H2,1H3;1-13,15H,14H2,(H,24,28)(H,25,27,29);2-15H,1H3,(H,24,26);4-7,11H,3,8-10H2,1-2H3,(H,16,19);3-6H,1-2H3,(H,10,11). The Balaban J connectivity index is 0.000000152. The first-order valence-corrected chi connectivity index (χ1v) is 51.1. The van der Waals surface area contributed by atoms with E-state index in [4.69, 9.17) is 19.2 Å². The zero-order valence-electron chi connectivity index (χ0n) is 84.5. The van der Waals surface area contributed by atoms with Crippen molar-refractivity contribution in [2.24, 2.45) is 5.92 Å². The molecule has 5 N–H and O–H groups in total. The van der Waals surface area contributed by atoms with Crippen molar-refractivity contribution in [3.05, 3.63) is 452 Å². The Labute approximate surface area is 878 Å². The molecule has 14 aromatic carbocycles. The van der Waals surface area contributed by atoms with E-state index in [-0.39, 0.29) is 71.7 Å². The Morgan fingerprint density at radius 3 is 1.56 bits per heavy atom. The third kappa shape index (κ3) is 34.8. The average molecular weight is 2030 g/mol. The number of anilines is 6. The molecule has 2 aliphatic rings. The lowest BCUT2D eigenvalue weighted by atomic mass is 10.0. The van der Waals surface area contributed by atoms with E-state index >= 15 is 0 Å². The van der Waals surface area contributed by atoms with Crippen molar-refractivity contribution >= 4 is 115 Å². The molecule has 758 valence electrons. The van der Waals surface area contributed by atoms with Gasteiger partial charge in [-0.25, -0.2) is 4.98 Å². The van der Waals surface area contributed by atoms with Gasteiger partial charge in [-0.3, -0.25) is 53.3 Å². The number of ketones is 3. The first kappa shape index (κ1) is 109. The number of ether oxygens (including phenoxy) is 3. The highest BCUT2D eigenvalue weighted by molar-refractivity contribution is 7.15. The van der Waals surface area contributed by atoms with Gasteiger partial charge in [-0.2, -0.15) is 0 Å². The summed E-state index contributed by atoms with van der Waals surface area (Å²) in [5, 5.41) is 26.5. The summed E-state index contributed by atoms with van der Waals surface area (Å²) >= 11 is 2.96. The predicted octanol–water partition coefficient (Wildman–Crippen LogP) is 23.5. The molecule has 2 fully saturated rings. The lowest BCUT2D eigenvalue weighted by molar-refractivity contribution is -0.126. The van der Waals surface area contributed by atoms with Gasteiger partial charge in [0.05, 0.1) is 25.3 Å². The molecule has 149 heavy (non-hydrogen) atoms. The molecule has 0 aliphatic carbocycles. The Bertz CT molecular complexity index is 7060. The van der Waals surface area contributed by atoms with Crippen LogP contribution in [0.5, 0.6) is 17.2 Å². The number of hydrogen-bond donors (Lipinski definition) is 5. The summed E-state index contributed by atoms with van der Waals surface area (Å²) in [6, 6.07) is 115. The van der Waals surface area contributed by atoms with Crippen molar-refractivity contribution in [3.8, 4) is 39.1 Å². The van der Waals surface area contributed by atoms with E-state index in [0.717, 1.165) is 132 Å². The summed E-state index contributed by atoms with van der Waals surface area (Å²) in [6.45, 7) is 16.8. The summed E-state index contributed by atoms with van der Waals surface area (Å²) in [4.78, 5) is 132. The van der Waals surface area contributed by atoms with Crippen LogP contribution >= 0.6 is 22.7 Å². The molecule has 0 radical (unpaired) electrons. The summed E-state index contributed by atoms with van der Waals surface area (Å²) < 4.78 is 16.1. The monoisotopic (exact) mass is 2020 g/mol. The summed E-state index contributed by atoms with van der Waals surface area (Å²) in [7, 11) is 1.60. The fourth-order valence-corrected chi connectivity index (χ4v) is 17.5. The number of carbonyl (C=O) groups is 10. The summed E-state index contributed by atoms with van der Waals surface area (Å²) in [6.07, 6.45) is 4.94. The number of aryl methyl sites for hydroxylation is 5. The third-order valence-corrected chi connectivity index (χ3v) is 26.0. The van der Waals surface area contributed by atoms with Gasteiger partial charge < -0.3 is 50.2 Å². The van der Waals surface area contributed by atoms with Crippen LogP contribution < -0.4 is 50.6 Å². The van der Waals surface area contributed by atoms with E-state index < -0.39 is 0 Å². The molecular formula is C123H121N11O13S2. The Morgan fingerprint density at radius 2 is 0.960 bits per heavy atom. The number of rotatable bonds is 34. The van der Waals surface area contributed by atoms with Crippen LogP contribution in [0.15, 0.2) is 369 Å². The highest BCUT2D eigenvalue weighted by Crippen LogP contribution is 2.33. The van der Waals surface area contributed by atoms with Crippen molar-refractivity contribution in [2.75, 3.05) is 90.7 Å². The first-order chi connectivity index (χ1) is 72.5. The van der Waals surface area contributed by atoms with Gasteiger partial charge in [0.1, 0.15) is 39.7 Å². The Kier molecular flexibility index (Phi) is 41.6. The maximum absolute atomic E-state index is 12.7. The number of amides is 7. The average Bonchev–Trinajstić information content (AvgIpc) is 1.61. The van der Waals surface area contributed by atoms with Crippen molar-refractivity contribution < 1.29 is 62.2 Å². The van der Waals surface area contributed by atoms with Crippen LogP contribution in [0.2, 0.25) is 0 Å². The van der Waals surface area contributed by atoms with Crippen LogP contribution in [0.3, 0.4) is 0 Å². The number of hydrogen-bond acceptors (Lipinski definition) is 19. The van der Waals surface area contributed by atoms with Crippen molar-refractivity contribution in [1.29, 1.82) is 0 Å². The molecule has 16 aromatic rings. The molecule has 2 aliphatic heterocycles. The fourth-order valence-electron chi connectivity index (χ4n) is 15.9. The van der Waals surface area contributed by atoms with Crippen molar-refractivity contribution in [2.45, 2.75) is 92.9 Å². The molecule has 2 aromatic heterocycles. The zero-order valence-corrected chi connectivity index (χ0v) is 86.1. The number of thiazole rings is 1. The largest absolute Gasteiger partial charge is 0.497 e. The van der Waals surface area contributed by atoms with E-state index in [0.29, 0.717) is 110 Å². The fraction of sp³-hybridized carbons (Fsp3) is 0.195. The number of piperazine rings is 1. The number of methoxy groups -OCH3 is 1. The molecule has 1 unspecified atom stereocenters. The predicted molar refractivity (Wildman–Crippen MR) is 594 cm³/mol. The van der Waals surface area contributed by atoms with Gasteiger partial charge in [0, 0.05) is 151 Å². The molecule has 7 amide bonds. The topological polar surface area (TPSA) is 307 Å². The van der Waals surface area contributed by atoms with Gasteiger partial charge in [0.15, 0.2) is 11.6 Å². The number of nitrogens with zero attached hydrogens (tertiary/aromatic N) is 6. The number of aromatic nitrogens is 3. The van der Waals surface area contributed by atoms with E-state index in [1.807, 2.05) is 319 Å². The van der Waals surface area contributed by atoms with Crippen LogP contribution in [-0.4, -0.2) is 139 Å². The normalized spacial score (nSPS) is 12.1. The van der Waals surface area contributed by atoms with E-state index in [2.05, 4.69) is 65.9 Å². The van der Waals surface area contributed by atoms with Crippen LogP contribution in [0, 0.1) is 33.6 Å². The van der Waals surface area contributed by atoms with Crippen LogP contribution in [0.25, 0.3) is 21.8 Å². The van der Waals surface area contributed by atoms with Gasteiger partial charge in [-0.05, 0) is 238 Å². The molecule has 0 bridgehead atoms. The molecule has 1 atom stereocenters. The smallest absolute Gasteiger partial charge is 0.257 e. The van der Waals surface area contributed by atoms with Crippen LogP contribution in [0.4, 0.5) is 33.6 Å². The maximum atomic E-state index is 12.7. The van der Waals surface area contributed by atoms with E-state index in [1.165, 1.54) is 22.5 Å². The van der Waals surface area contributed by atoms with Gasteiger partial charge in [-0.1, -0.05) is 242 Å². The summed E-state index contributed by atoms with van der Waals surface area (Å²) in [5.41, 5.74) is 20.1. The van der Waals surface area contributed by atoms with E-state index in [9.17, 15) is 47.9 Å². The van der Waals surface area contributed by atoms with Crippen molar-refractivity contribution in [3.63, 3.8) is 0 Å². The lowest BCUT2D eigenvalue weighted by Gasteiger charge is -2.36. The second-order valence-corrected chi connectivity index (χ2v) is 37.4. The molecule has 0 saturated carbocycles. The van der Waals surface area contributed by atoms with Crippen LogP contribution in [0.1, 0.15) is 140 Å². The molecule has 2 saturated heterocycles. The van der Waals surface area contributed by atoms with Gasteiger partial charge in [0.2, 0.25) is 23.4 Å². The zero-order chi connectivity index (χ0) is 105. The Morgan fingerprint density at radius 1 is 0.450 bits per heavy atom. The molecule has 24 nitrogen and oxygen atoms in total. The SMILES string of the molecule is CCCNC(=O)C1CC(=O)N(c2ccc(OC)cc2)C1.CCOc1ccc(CC(=O)COc2ccc(C(=O)CCc3ccccc3)cc2)cc1.Cc1ccc(C(=O)N2CCN(c3ccc(CC(=O)Cc4ccccc4)cc3)CC2)cc1.Cc1ccc(C(=O)Nc2cccc(-c3csc(-c4ccccc4)n3)c2)cc1.Cc1ccc(NC=O)cc1C.O=C(Nc1cccc(C(=O)Nc2nnc(Cc3ccccc3)s2)c1)c1ccccc1. The number of benzene rings is 14. The minimum Gasteiger partial charge on any atom is -0.497 e. The highest BCUT2D eigenvalue weighted by atomic mass is 32.1. The van der Waals surface area contributed by atoms with Gasteiger partial charge in [0.25, 0.3) is 23.6 Å². The van der Waals surface area contributed by atoms with Gasteiger partial charge in [-0.15, -0.1) is 21.5 Å². The highest BCUT2D eigenvalue weighted by Gasteiger charge is 2.35. The van der Waals surface area contributed by atoms with Gasteiger partial charge >= 0.3 is 0 Å². The van der Waals surface area contributed by atoms with Crippen LogP contribution in [-0.2, 0) is 56.1 Å². The lowest BCUT2D eigenvalue weighted by Crippen LogP contribution is -2.48. The Hall–Kier alpha value is -17.2. The molecule has 0 spiro atoms. The third-order valence-electron chi connectivity index (χ3n) is 24.2. The quantitative estimate of drug-likeness (QED) is 0.0185. The number of Topliss-reactive ketones (excluding diaryl/α,β-unsaturated/α-hetero) is 3. The molecule has 26 heteroatoms. The number of carbonyl (C=O) groups excluding carboxylic acids is 10. The minimum absolute atomic E-state index is 0.00544. The van der Waals surface area contributed by atoms with Crippen molar-refractivity contribution in [1.82, 2.24) is 25.4 Å². The minimum atomic E-state index is -0.312. The second kappa shape index (κ2) is 56.9. The second-order valence-electron chi connectivity index (χ2n) is 35.5. The maximum Gasteiger partial charge on any atom is 0.257 e. The number of nitrogens with one attached hydrogen (secondary N) is 5. The first-order valence-electron chi connectivity index (χ1n) is 49.4. The molecular weight excluding hydrogens is 1900 g/mol. The van der Waals surface area contributed by atoms with E-state index in [1.54, 1.807) is 96.1 Å². The summed E-state index contributed by atoms with van der Waals surface area (Å²) in [5.74, 6) is 1.58. The molecule has 18 rings (SSSR count). The molecule has 4 heterocycles.